The summed E-state index contributed by atoms with van der Waals surface area (Å²) in [5.74, 6) is 1.67. The molecule has 0 spiro atoms. The maximum atomic E-state index is 5.51. The van der Waals surface area contributed by atoms with Crippen LogP contribution in [0.1, 0.15) is 0 Å². The third kappa shape index (κ3) is 4.47. The van der Waals surface area contributed by atoms with Crippen molar-refractivity contribution in [3.05, 3.63) is 194 Å². The first-order valence-corrected chi connectivity index (χ1v) is 19.1. The summed E-state index contributed by atoms with van der Waals surface area (Å²) in [5, 5.41) is 12.0. The maximum Gasteiger partial charge on any atom is 0.146 e. The molecule has 3 heterocycles. The molecular weight excluding hydrogens is 681 g/mol. The SMILES string of the molecule is c1ccc2c(-c3ccc(-n4c(-c5ccc(-n6c7ccccc7c7ccccc76)cc5)nc5c6ccccc6c6ccccc6c54)nc3)c3ccccc3cc2c1. The van der Waals surface area contributed by atoms with Crippen molar-refractivity contribution < 1.29 is 0 Å². The summed E-state index contributed by atoms with van der Waals surface area (Å²) >= 11 is 0. The van der Waals surface area contributed by atoms with Gasteiger partial charge in [0.15, 0.2) is 0 Å². The van der Waals surface area contributed by atoms with Crippen molar-refractivity contribution in [2.75, 3.05) is 0 Å². The molecule has 56 heavy (non-hydrogen) atoms. The van der Waals surface area contributed by atoms with Crippen LogP contribution in [0.2, 0.25) is 0 Å². The summed E-state index contributed by atoms with van der Waals surface area (Å²) in [7, 11) is 0. The van der Waals surface area contributed by atoms with Gasteiger partial charge in [0, 0.05) is 44.6 Å². The summed E-state index contributed by atoms with van der Waals surface area (Å²) in [4.78, 5) is 10.8. The highest BCUT2D eigenvalue weighted by Crippen LogP contribution is 2.41. The number of aromatic nitrogens is 4. The van der Waals surface area contributed by atoms with Gasteiger partial charge in [-0.3, -0.25) is 4.57 Å². The number of benzene rings is 9. The zero-order chi connectivity index (χ0) is 36.7. The van der Waals surface area contributed by atoms with E-state index in [2.05, 4.69) is 197 Å². The molecule has 0 atom stereocenters. The van der Waals surface area contributed by atoms with Gasteiger partial charge in [-0.25, -0.2) is 9.97 Å². The fraction of sp³-hybridized carbons (Fsp3) is 0. The quantitative estimate of drug-likeness (QED) is 0.135. The summed E-state index contributed by atoms with van der Waals surface area (Å²) in [6.07, 6.45) is 2.04. The molecule has 12 aromatic rings. The molecule has 0 saturated heterocycles. The van der Waals surface area contributed by atoms with Crippen molar-refractivity contribution in [1.82, 2.24) is 19.1 Å². The predicted octanol–water partition coefficient (Wildman–Crippen LogP) is 13.5. The van der Waals surface area contributed by atoms with Crippen LogP contribution in [0.15, 0.2) is 194 Å². The van der Waals surface area contributed by atoms with E-state index in [0.717, 1.165) is 50.3 Å². The van der Waals surface area contributed by atoms with Gasteiger partial charge in [0.2, 0.25) is 0 Å². The van der Waals surface area contributed by atoms with Crippen LogP contribution in [0.4, 0.5) is 0 Å². The van der Waals surface area contributed by atoms with E-state index < -0.39 is 0 Å². The van der Waals surface area contributed by atoms with Crippen LogP contribution in [0.5, 0.6) is 0 Å². The van der Waals surface area contributed by atoms with E-state index in [0.29, 0.717) is 0 Å². The van der Waals surface area contributed by atoms with Gasteiger partial charge in [0.05, 0.1) is 22.1 Å². The van der Waals surface area contributed by atoms with Gasteiger partial charge in [-0.15, -0.1) is 0 Å². The first-order valence-electron chi connectivity index (χ1n) is 19.1. The third-order valence-electron chi connectivity index (χ3n) is 11.5. The molecule has 0 aliphatic rings. The lowest BCUT2D eigenvalue weighted by atomic mass is 9.93. The Hall–Kier alpha value is -7.56. The number of rotatable bonds is 4. The minimum atomic E-state index is 0.822. The molecule has 4 heteroatoms. The zero-order valence-corrected chi connectivity index (χ0v) is 30.3. The van der Waals surface area contributed by atoms with Gasteiger partial charge >= 0.3 is 0 Å². The predicted molar refractivity (Wildman–Crippen MR) is 234 cm³/mol. The number of hydrogen-bond donors (Lipinski definition) is 0. The number of hydrogen-bond acceptors (Lipinski definition) is 2. The van der Waals surface area contributed by atoms with Crippen LogP contribution in [0.3, 0.4) is 0 Å². The molecular formula is C52H32N4. The standard InChI is InChI=1S/C52H32N4/c1-3-15-38-34(13-1)31-35-14-2-4-16-39(35)49(38)36-27-30-48(53-32-36)56-51-45-22-8-6-18-41(45)40-17-5-7-21-44(40)50(51)54-52(56)33-25-28-37(29-26-33)55-46-23-11-9-19-42(46)43-20-10-12-24-47(43)55/h1-32H. The molecule has 0 amide bonds. The van der Waals surface area contributed by atoms with Gasteiger partial charge in [-0.2, -0.15) is 0 Å². The number of imidazole rings is 1. The molecule has 0 bridgehead atoms. The minimum Gasteiger partial charge on any atom is -0.309 e. The Morgan fingerprint density at radius 2 is 0.875 bits per heavy atom. The van der Waals surface area contributed by atoms with Crippen LogP contribution in [0.25, 0.3) is 110 Å². The Labute approximate surface area is 322 Å². The first-order chi connectivity index (χ1) is 27.8. The second kappa shape index (κ2) is 12.0. The fourth-order valence-corrected chi connectivity index (χ4v) is 9.07. The topological polar surface area (TPSA) is 35.6 Å². The van der Waals surface area contributed by atoms with Crippen molar-refractivity contribution in [3.8, 4) is 34.0 Å². The van der Waals surface area contributed by atoms with Gasteiger partial charge < -0.3 is 4.57 Å². The third-order valence-corrected chi connectivity index (χ3v) is 11.5. The average Bonchev–Trinajstić information content (AvgIpc) is 3.83. The highest BCUT2D eigenvalue weighted by atomic mass is 15.1. The van der Waals surface area contributed by atoms with Crippen LogP contribution in [-0.4, -0.2) is 19.1 Å². The van der Waals surface area contributed by atoms with Gasteiger partial charge in [0.25, 0.3) is 0 Å². The number of pyridine rings is 1. The molecule has 0 aliphatic carbocycles. The van der Waals surface area contributed by atoms with Crippen molar-refractivity contribution in [1.29, 1.82) is 0 Å². The van der Waals surface area contributed by atoms with Crippen molar-refractivity contribution >= 4 is 75.9 Å². The monoisotopic (exact) mass is 712 g/mol. The molecule has 0 N–H and O–H groups in total. The van der Waals surface area contributed by atoms with E-state index in [9.17, 15) is 0 Å². The summed E-state index contributed by atoms with van der Waals surface area (Å²) < 4.78 is 4.63. The molecule has 0 unspecified atom stereocenters. The Balaban J connectivity index is 1.09. The maximum absolute atomic E-state index is 5.51. The smallest absolute Gasteiger partial charge is 0.146 e. The Morgan fingerprint density at radius 1 is 0.375 bits per heavy atom. The van der Waals surface area contributed by atoms with Crippen LogP contribution >= 0.6 is 0 Å². The second-order valence-corrected chi connectivity index (χ2v) is 14.6. The summed E-state index contributed by atoms with van der Waals surface area (Å²) in [6, 6.07) is 67.4. The Bertz CT molecular complexity index is 3410. The molecule has 260 valence electrons. The number of para-hydroxylation sites is 2. The number of nitrogens with zero attached hydrogens (tertiary/aromatic N) is 4. The highest BCUT2D eigenvalue weighted by Gasteiger charge is 2.22. The zero-order valence-electron chi connectivity index (χ0n) is 30.3. The van der Waals surface area contributed by atoms with Crippen molar-refractivity contribution in [2.45, 2.75) is 0 Å². The van der Waals surface area contributed by atoms with E-state index in [1.807, 2.05) is 6.20 Å². The van der Waals surface area contributed by atoms with Gasteiger partial charge in [-0.1, -0.05) is 133 Å². The van der Waals surface area contributed by atoms with Crippen LogP contribution in [-0.2, 0) is 0 Å². The fourth-order valence-electron chi connectivity index (χ4n) is 9.07. The van der Waals surface area contributed by atoms with E-state index in [1.54, 1.807) is 0 Å². The molecule has 3 aromatic heterocycles. The molecule has 12 rings (SSSR count). The molecule has 4 nitrogen and oxygen atoms in total. The lowest BCUT2D eigenvalue weighted by molar-refractivity contribution is 1.03. The van der Waals surface area contributed by atoms with Crippen LogP contribution < -0.4 is 0 Å². The molecule has 0 radical (unpaired) electrons. The lowest BCUT2D eigenvalue weighted by Crippen LogP contribution is -2.01. The van der Waals surface area contributed by atoms with Gasteiger partial charge in [0.1, 0.15) is 11.6 Å². The van der Waals surface area contributed by atoms with E-state index in [4.69, 9.17) is 9.97 Å². The second-order valence-electron chi connectivity index (χ2n) is 14.6. The Kier molecular flexibility index (Phi) is 6.60. The summed E-state index contributed by atoms with van der Waals surface area (Å²) in [6.45, 7) is 0. The minimum absolute atomic E-state index is 0.822. The first kappa shape index (κ1) is 30.9. The van der Waals surface area contributed by atoms with Crippen molar-refractivity contribution in [2.24, 2.45) is 0 Å². The molecule has 9 aromatic carbocycles. The largest absolute Gasteiger partial charge is 0.309 e. The van der Waals surface area contributed by atoms with Crippen molar-refractivity contribution in [3.63, 3.8) is 0 Å². The average molecular weight is 713 g/mol. The lowest BCUT2D eigenvalue weighted by Gasteiger charge is -2.14. The van der Waals surface area contributed by atoms with E-state index in [-0.39, 0.29) is 0 Å². The number of fused-ring (bicyclic) bond motifs is 11. The van der Waals surface area contributed by atoms with Crippen LogP contribution in [0, 0.1) is 0 Å². The van der Waals surface area contributed by atoms with Gasteiger partial charge in [-0.05, 0) is 92.5 Å². The molecule has 0 fully saturated rings. The molecule has 0 saturated carbocycles. The van der Waals surface area contributed by atoms with E-state index in [1.165, 1.54) is 59.7 Å². The summed E-state index contributed by atoms with van der Waals surface area (Å²) in [5.41, 5.74) is 8.80. The highest BCUT2D eigenvalue weighted by molar-refractivity contribution is 6.24. The van der Waals surface area contributed by atoms with E-state index >= 15 is 0 Å². The normalized spacial score (nSPS) is 11.9. The Morgan fingerprint density at radius 3 is 1.48 bits per heavy atom. The molecule has 0 aliphatic heterocycles.